The van der Waals surface area contributed by atoms with E-state index in [1.54, 1.807) is 12.1 Å². The number of carbonyl (C=O) groups is 1. The Bertz CT molecular complexity index is 822. The average molecular weight is 396 g/mol. The summed E-state index contributed by atoms with van der Waals surface area (Å²) in [5.41, 5.74) is 2.41. The van der Waals surface area contributed by atoms with Crippen LogP contribution < -0.4 is 0 Å². The largest absolute Gasteiger partial charge is 0.350 e. The van der Waals surface area contributed by atoms with Crippen LogP contribution in [0, 0.1) is 3.57 Å². The highest BCUT2D eigenvalue weighted by Crippen LogP contribution is 2.26. The zero-order valence-electron chi connectivity index (χ0n) is 10.7. The molecule has 0 atom stereocenters. The number of rotatable bonds is 2. The van der Waals surface area contributed by atoms with Crippen molar-refractivity contribution in [2.45, 2.75) is 0 Å². The molecule has 0 fully saturated rings. The standard InChI is InChI=1S/C16H11ClINO/c1-19-9-13(11-4-2-3-5-15(11)19)16(20)12-8-10(17)6-7-14(12)18/h2-9H,1H3. The monoisotopic (exact) mass is 395 g/mol. The van der Waals surface area contributed by atoms with Gasteiger partial charge in [0, 0.05) is 43.9 Å². The number of halogens is 2. The highest BCUT2D eigenvalue weighted by molar-refractivity contribution is 14.1. The van der Waals surface area contributed by atoms with E-state index < -0.39 is 0 Å². The lowest BCUT2D eigenvalue weighted by molar-refractivity contribution is 0.103. The lowest BCUT2D eigenvalue weighted by Crippen LogP contribution is -2.03. The normalized spacial score (nSPS) is 10.9. The maximum absolute atomic E-state index is 12.8. The van der Waals surface area contributed by atoms with Gasteiger partial charge in [-0.3, -0.25) is 4.79 Å². The van der Waals surface area contributed by atoms with Gasteiger partial charge in [-0.05, 0) is 46.9 Å². The SMILES string of the molecule is Cn1cc(C(=O)c2cc(Cl)ccc2I)c2ccccc21. The van der Waals surface area contributed by atoms with E-state index in [1.807, 2.05) is 48.1 Å². The van der Waals surface area contributed by atoms with Gasteiger partial charge in [-0.25, -0.2) is 0 Å². The van der Waals surface area contributed by atoms with Crippen LogP contribution in [0.1, 0.15) is 15.9 Å². The number of aryl methyl sites for hydroxylation is 1. The van der Waals surface area contributed by atoms with Crippen LogP contribution in [0.3, 0.4) is 0 Å². The number of aromatic nitrogens is 1. The minimum atomic E-state index is 0.00806. The van der Waals surface area contributed by atoms with Gasteiger partial charge in [0.15, 0.2) is 5.78 Å². The Hall–Kier alpha value is -1.33. The first-order chi connectivity index (χ1) is 9.58. The van der Waals surface area contributed by atoms with Gasteiger partial charge < -0.3 is 4.57 Å². The lowest BCUT2D eigenvalue weighted by atomic mass is 10.0. The summed E-state index contributed by atoms with van der Waals surface area (Å²) < 4.78 is 2.88. The van der Waals surface area contributed by atoms with Crippen molar-refractivity contribution in [3.05, 3.63) is 68.4 Å². The first-order valence-corrected chi connectivity index (χ1v) is 7.57. The molecule has 0 saturated heterocycles. The molecule has 0 amide bonds. The molecule has 0 unspecified atom stereocenters. The molecule has 0 spiro atoms. The van der Waals surface area contributed by atoms with Crippen molar-refractivity contribution in [2.24, 2.45) is 7.05 Å². The van der Waals surface area contributed by atoms with Crippen LogP contribution in [0.2, 0.25) is 5.02 Å². The summed E-state index contributed by atoms with van der Waals surface area (Å²) in [5, 5.41) is 1.55. The van der Waals surface area contributed by atoms with Crippen molar-refractivity contribution >= 4 is 50.9 Å². The van der Waals surface area contributed by atoms with Crippen molar-refractivity contribution in [2.75, 3.05) is 0 Å². The van der Waals surface area contributed by atoms with Gasteiger partial charge in [-0.1, -0.05) is 29.8 Å². The van der Waals surface area contributed by atoms with Crippen molar-refractivity contribution in [3.63, 3.8) is 0 Å². The van der Waals surface area contributed by atoms with Crippen LogP contribution in [0.4, 0.5) is 0 Å². The van der Waals surface area contributed by atoms with E-state index >= 15 is 0 Å². The molecular weight excluding hydrogens is 385 g/mol. The molecule has 3 aromatic rings. The smallest absolute Gasteiger partial charge is 0.196 e. The summed E-state index contributed by atoms with van der Waals surface area (Å²) >= 11 is 8.17. The first kappa shape index (κ1) is 13.6. The van der Waals surface area contributed by atoms with E-state index in [4.69, 9.17) is 11.6 Å². The molecule has 4 heteroatoms. The topological polar surface area (TPSA) is 22.0 Å². The number of hydrogen-bond acceptors (Lipinski definition) is 1. The molecule has 0 N–H and O–H groups in total. The summed E-state index contributed by atoms with van der Waals surface area (Å²) in [6, 6.07) is 13.3. The van der Waals surface area contributed by atoms with E-state index in [1.165, 1.54) is 0 Å². The maximum Gasteiger partial charge on any atom is 0.196 e. The molecule has 20 heavy (non-hydrogen) atoms. The summed E-state index contributed by atoms with van der Waals surface area (Å²) in [5.74, 6) is 0.00806. The number of nitrogens with zero attached hydrogens (tertiary/aromatic N) is 1. The van der Waals surface area contributed by atoms with Gasteiger partial charge in [0.05, 0.1) is 0 Å². The second kappa shape index (κ2) is 5.22. The highest BCUT2D eigenvalue weighted by atomic mass is 127. The summed E-state index contributed by atoms with van der Waals surface area (Å²) in [7, 11) is 1.95. The second-order valence-electron chi connectivity index (χ2n) is 4.62. The van der Waals surface area contributed by atoms with Gasteiger partial charge >= 0.3 is 0 Å². The van der Waals surface area contributed by atoms with Crippen molar-refractivity contribution < 1.29 is 4.79 Å². The number of hydrogen-bond donors (Lipinski definition) is 0. The lowest BCUT2D eigenvalue weighted by Gasteiger charge is -2.03. The van der Waals surface area contributed by atoms with Gasteiger partial charge in [-0.2, -0.15) is 0 Å². The third-order valence-electron chi connectivity index (χ3n) is 3.31. The molecule has 0 radical (unpaired) electrons. The molecule has 0 bridgehead atoms. The minimum Gasteiger partial charge on any atom is -0.350 e. The fourth-order valence-corrected chi connectivity index (χ4v) is 3.09. The Balaban J connectivity index is 2.20. The van der Waals surface area contributed by atoms with Crippen LogP contribution in [0.25, 0.3) is 10.9 Å². The molecule has 3 rings (SSSR count). The maximum atomic E-state index is 12.8. The number of para-hydroxylation sites is 1. The fourth-order valence-electron chi connectivity index (χ4n) is 2.34. The Morgan fingerprint density at radius 2 is 1.90 bits per heavy atom. The Kier molecular flexibility index (Phi) is 3.56. The Morgan fingerprint density at radius 3 is 2.70 bits per heavy atom. The zero-order chi connectivity index (χ0) is 14.3. The molecule has 2 nitrogen and oxygen atoms in total. The Morgan fingerprint density at radius 1 is 1.15 bits per heavy atom. The number of ketones is 1. The number of fused-ring (bicyclic) bond motifs is 1. The first-order valence-electron chi connectivity index (χ1n) is 6.12. The fraction of sp³-hybridized carbons (Fsp3) is 0.0625. The minimum absolute atomic E-state index is 0.00806. The quantitative estimate of drug-likeness (QED) is 0.457. The van der Waals surface area contributed by atoms with Crippen LogP contribution in [0.5, 0.6) is 0 Å². The van der Waals surface area contributed by atoms with Crippen molar-refractivity contribution in [3.8, 4) is 0 Å². The van der Waals surface area contributed by atoms with E-state index in [-0.39, 0.29) is 5.78 Å². The molecule has 1 aromatic heterocycles. The third kappa shape index (κ3) is 2.25. The molecule has 0 aliphatic rings. The van der Waals surface area contributed by atoms with E-state index in [0.717, 1.165) is 14.5 Å². The van der Waals surface area contributed by atoms with Gasteiger partial charge in [-0.15, -0.1) is 0 Å². The van der Waals surface area contributed by atoms with Crippen molar-refractivity contribution in [1.29, 1.82) is 0 Å². The predicted octanol–water partition coefficient (Wildman–Crippen LogP) is 4.67. The molecule has 1 heterocycles. The summed E-state index contributed by atoms with van der Waals surface area (Å²) in [6.07, 6.45) is 1.88. The molecular formula is C16H11ClINO. The van der Waals surface area contributed by atoms with Crippen molar-refractivity contribution in [1.82, 2.24) is 4.57 Å². The predicted molar refractivity (Wildman–Crippen MR) is 90.5 cm³/mol. The van der Waals surface area contributed by atoms with Gasteiger partial charge in [0.25, 0.3) is 0 Å². The average Bonchev–Trinajstić information content (AvgIpc) is 2.79. The van der Waals surface area contributed by atoms with Gasteiger partial charge in [0.1, 0.15) is 0 Å². The van der Waals surface area contributed by atoms with Crippen LogP contribution in [-0.2, 0) is 7.05 Å². The second-order valence-corrected chi connectivity index (χ2v) is 6.22. The van der Waals surface area contributed by atoms with Crippen LogP contribution in [0.15, 0.2) is 48.7 Å². The van der Waals surface area contributed by atoms with Crippen LogP contribution >= 0.6 is 34.2 Å². The van der Waals surface area contributed by atoms with E-state index in [0.29, 0.717) is 16.1 Å². The molecule has 0 aliphatic heterocycles. The molecule has 100 valence electrons. The van der Waals surface area contributed by atoms with Crippen LogP contribution in [-0.4, -0.2) is 10.4 Å². The Labute approximate surface area is 135 Å². The number of carbonyl (C=O) groups excluding carboxylic acids is 1. The summed E-state index contributed by atoms with van der Waals surface area (Å²) in [6.45, 7) is 0. The zero-order valence-corrected chi connectivity index (χ0v) is 13.6. The molecule has 0 saturated carbocycles. The van der Waals surface area contributed by atoms with E-state index in [9.17, 15) is 4.79 Å². The molecule has 2 aromatic carbocycles. The number of benzene rings is 2. The molecule has 0 aliphatic carbocycles. The van der Waals surface area contributed by atoms with Gasteiger partial charge in [0.2, 0.25) is 0 Å². The van der Waals surface area contributed by atoms with E-state index in [2.05, 4.69) is 22.6 Å². The third-order valence-corrected chi connectivity index (χ3v) is 4.49. The summed E-state index contributed by atoms with van der Waals surface area (Å²) in [4.78, 5) is 12.8. The highest BCUT2D eigenvalue weighted by Gasteiger charge is 2.17.